The third-order valence-corrected chi connectivity index (χ3v) is 9.04. The summed E-state index contributed by atoms with van der Waals surface area (Å²) in [5.41, 5.74) is 11.2. The fourth-order valence-electron chi connectivity index (χ4n) is 6.84. The second-order valence-corrected chi connectivity index (χ2v) is 11.8. The van der Waals surface area contributed by atoms with Gasteiger partial charge in [0.1, 0.15) is 17.6 Å². The number of β-amino-alcohol motifs (C(OH)–C–C–N with tert-alkyl or cyclic N) is 1. The minimum absolute atomic E-state index is 0.0708. The summed E-state index contributed by atoms with van der Waals surface area (Å²) in [5, 5.41) is 21.3. The van der Waals surface area contributed by atoms with Crippen LogP contribution >= 0.6 is 0 Å². The number of phenolic OH excluding ortho intramolecular Hbond substituents is 1. The Kier molecular flexibility index (Phi) is 8.22. The Labute approximate surface area is 247 Å². The zero-order valence-corrected chi connectivity index (χ0v) is 24.9. The summed E-state index contributed by atoms with van der Waals surface area (Å²) >= 11 is 0. The average Bonchev–Trinajstić information content (AvgIpc) is 3.55. The predicted octanol–water partition coefficient (Wildman–Crippen LogP) is 2.98. The summed E-state index contributed by atoms with van der Waals surface area (Å²) in [6, 6.07) is 11.8. The van der Waals surface area contributed by atoms with Crippen LogP contribution in [-0.2, 0) is 24.2 Å². The lowest BCUT2D eigenvalue weighted by atomic mass is 9.95. The van der Waals surface area contributed by atoms with Gasteiger partial charge in [-0.2, -0.15) is 0 Å². The molecular weight excluding hydrogens is 530 g/mol. The van der Waals surface area contributed by atoms with Crippen molar-refractivity contribution in [3.63, 3.8) is 0 Å². The van der Waals surface area contributed by atoms with Crippen molar-refractivity contribution in [2.45, 2.75) is 51.7 Å². The number of aromatic amines is 1. The number of benzene rings is 2. The normalized spacial score (nSPS) is 21.3. The van der Waals surface area contributed by atoms with Crippen molar-refractivity contribution < 1.29 is 15.0 Å². The van der Waals surface area contributed by atoms with E-state index < -0.39 is 0 Å². The van der Waals surface area contributed by atoms with Gasteiger partial charge in [-0.3, -0.25) is 14.6 Å². The van der Waals surface area contributed by atoms with Gasteiger partial charge in [0.2, 0.25) is 5.91 Å². The molecule has 224 valence electrons. The van der Waals surface area contributed by atoms with E-state index in [0.29, 0.717) is 38.3 Å². The molecule has 4 N–H and O–H groups in total. The number of H-pyrrole nitrogens is 1. The van der Waals surface area contributed by atoms with Gasteiger partial charge in [-0.05, 0) is 54.3 Å². The molecule has 0 bridgehead atoms. The van der Waals surface area contributed by atoms with Crippen molar-refractivity contribution in [1.82, 2.24) is 29.7 Å². The SMILES string of the molecule is CCCN1Cc2[nH]c(C3c4ccc(-c5ccc(O)cc5CC)cc4NN3C)nc2C[C@H]1C(=O)N1CCN(CCO)CC1. The van der Waals surface area contributed by atoms with Crippen LogP contribution in [-0.4, -0.2) is 105 Å². The first kappa shape index (κ1) is 28.7. The van der Waals surface area contributed by atoms with E-state index in [0.717, 1.165) is 77.6 Å². The van der Waals surface area contributed by atoms with E-state index in [2.05, 4.69) is 57.3 Å². The maximum absolute atomic E-state index is 13.8. The van der Waals surface area contributed by atoms with Crippen LogP contribution in [0.3, 0.4) is 0 Å². The van der Waals surface area contributed by atoms with Crippen LogP contribution in [0, 0.1) is 0 Å². The summed E-state index contributed by atoms with van der Waals surface area (Å²) in [6.07, 6.45) is 2.43. The molecule has 10 heteroatoms. The monoisotopic (exact) mass is 573 g/mol. The lowest BCUT2D eigenvalue weighted by molar-refractivity contribution is -0.139. The highest BCUT2D eigenvalue weighted by Crippen LogP contribution is 2.41. The van der Waals surface area contributed by atoms with Crippen molar-refractivity contribution in [2.24, 2.45) is 0 Å². The molecule has 4 heterocycles. The molecule has 0 aliphatic carbocycles. The Hall–Kier alpha value is -3.44. The lowest BCUT2D eigenvalue weighted by Crippen LogP contribution is -2.56. The average molecular weight is 574 g/mol. The topological polar surface area (TPSA) is 111 Å². The number of nitrogens with one attached hydrogen (secondary N) is 2. The molecule has 0 radical (unpaired) electrons. The number of phenols is 1. The maximum Gasteiger partial charge on any atom is 0.240 e. The first-order valence-corrected chi connectivity index (χ1v) is 15.3. The number of carbonyl (C=O) groups excluding carboxylic acids is 1. The number of amides is 1. The number of hydrogen-bond acceptors (Lipinski definition) is 8. The second kappa shape index (κ2) is 12.0. The first-order valence-electron chi connectivity index (χ1n) is 15.3. The van der Waals surface area contributed by atoms with Gasteiger partial charge in [-0.25, -0.2) is 9.99 Å². The summed E-state index contributed by atoms with van der Waals surface area (Å²) in [7, 11) is 2.04. The minimum atomic E-state index is -0.203. The Morgan fingerprint density at radius 2 is 1.88 bits per heavy atom. The maximum atomic E-state index is 13.8. The van der Waals surface area contributed by atoms with Gasteiger partial charge in [-0.1, -0.05) is 32.0 Å². The Morgan fingerprint density at radius 3 is 2.62 bits per heavy atom. The van der Waals surface area contributed by atoms with Crippen molar-refractivity contribution in [2.75, 3.05) is 58.3 Å². The molecule has 3 aromatic rings. The zero-order chi connectivity index (χ0) is 29.4. The van der Waals surface area contributed by atoms with Gasteiger partial charge in [0.15, 0.2) is 0 Å². The van der Waals surface area contributed by atoms with Crippen molar-refractivity contribution in [1.29, 1.82) is 0 Å². The van der Waals surface area contributed by atoms with E-state index in [4.69, 9.17) is 4.98 Å². The number of aromatic nitrogens is 2. The number of imidazole rings is 1. The summed E-state index contributed by atoms with van der Waals surface area (Å²) in [5.74, 6) is 1.38. The Balaban J connectivity index is 1.23. The number of fused-ring (bicyclic) bond motifs is 2. The van der Waals surface area contributed by atoms with E-state index in [1.54, 1.807) is 6.07 Å². The van der Waals surface area contributed by atoms with E-state index in [9.17, 15) is 15.0 Å². The highest BCUT2D eigenvalue weighted by Gasteiger charge is 2.38. The van der Waals surface area contributed by atoms with Gasteiger partial charge in [0, 0.05) is 58.3 Å². The molecule has 2 atom stereocenters. The number of hydrazine groups is 1. The van der Waals surface area contributed by atoms with Crippen LogP contribution < -0.4 is 5.43 Å². The molecule has 1 saturated heterocycles. The lowest BCUT2D eigenvalue weighted by Gasteiger charge is -2.40. The summed E-state index contributed by atoms with van der Waals surface area (Å²) < 4.78 is 0. The molecule has 1 fully saturated rings. The van der Waals surface area contributed by atoms with Gasteiger partial charge in [0.25, 0.3) is 0 Å². The number of hydrogen-bond donors (Lipinski definition) is 4. The molecule has 3 aliphatic heterocycles. The van der Waals surface area contributed by atoms with Crippen LogP contribution in [0.5, 0.6) is 5.75 Å². The van der Waals surface area contributed by atoms with E-state index >= 15 is 0 Å². The van der Waals surface area contributed by atoms with Crippen molar-refractivity contribution in [3.05, 3.63) is 64.7 Å². The number of aliphatic hydroxyl groups is 1. The van der Waals surface area contributed by atoms with Gasteiger partial charge in [0.05, 0.1) is 29.7 Å². The smallest absolute Gasteiger partial charge is 0.240 e. The molecule has 6 rings (SSSR count). The van der Waals surface area contributed by atoms with E-state index in [1.165, 1.54) is 0 Å². The van der Waals surface area contributed by atoms with Crippen molar-refractivity contribution >= 4 is 11.6 Å². The number of anilines is 1. The molecule has 0 spiro atoms. The number of aromatic hydroxyl groups is 1. The summed E-state index contributed by atoms with van der Waals surface area (Å²) in [6.45, 7) is 9.65. The number of nitrogens with zero attached hydrogens (tertiary/aromatic N) is 5. The Bertz CT molecular complexity index is 1430. The molecular formula is C32H43N7O3. The molecule has 1 unspecified atom stereocenters. The van der Waals surface area contributed by atoms with Gasteiger partial charge < -0.3 is 25.5 Å². The van der Waals surface area contributed by atoms with Gasteiger partial charge in [-0.15, -0.1) is 0 Å². The molecule has 42 heavy (non-hydrogen) atoms. The highest BCUT2D eigenvalue weighted by molar-refractivity contribution is 5.82. The Morgan fingerprint density at radius 1 is 1.07 bits per heavy atom. The standard InChI is InChI=1S/C32H43N7O3/c1-4-10-39-20-28-27(19-29(39)32(42)38-13-11-37(12-14-38)15-16-40)33-31(34-28)30-25-8-6-22(18-26(25)35-36(30)3)24-9-7-23(41)17-21(24)5-2/h6-9,17-18,29-30,35,40-41H,4-5,10-16,19-20H2,1-3H3,(H,33,34)/t29-,30?/m0/s1. The fraction of sp³-hybridized carbons (Fsp3) is 0.500. The third kappa shape index (κ3) is 5.40. The zero-order valence-electron chi connectivity index (χ0n) is 24.9. The van der Waals surface area contributed by atoms with Crippen LogP contribution in [0.4, 0.5) is 5.69 Å². The number of aliphatic hydroxyl groups excluding tert-OH is 1. The molecule has 0 saturated carbocycles. The third-order valence-electron chi connectivity index (χ3n) is 9.04. The molecule has 1 amide bonds. The molecule has 10 nitrogen and oxygen atoms in total. The van der Waals surface area contributed by atoms with Crippen molar-refractivity contribution in [3.8, 4) is 16.9 Å². The molecule has 3 aliphatic rings. The number of aryl methyl sites for hydroxylation is 1. The largest absolute Gasteiger partial charge is 0.508 e. The van der Waals surface area contributed by atoms with E-state index in [-0.39, 0.29) is 24.6 Å². The molecule has 2 aromatic carbocycles. The number of piperazine rings is 1. The van der Waals surface area contributed by atoms with Gasteiger partial charge >= 0.3 is 0 Å². The second-order valence-electron chi connectivity index (χ2n) is 11.8. The number of rotatable bonds is 8. The number of carbonyl (C=O) groups is 1. The first-order chi connectivity index (χ1) is 20.4. The van der Waals surface area contributed by atoms with Crippen LogP contribution in [0.15, 0.2) is 36.4 Å². The summed E-state index contributed by atoms with van der Waals surface area (Å²) in [4.78, 5) is 29.0. The minimum Gasteiger partial charge on any atom is -0.508 e. The van der Waals surface area contributed by atoms with Crippen LogP contribution in [0.2, 0.25) is 0 Å². The fourth-order valence-corrected chi connectivity index (χ4v) is 6.84. The van der Waals surface area contributed by atoms with Crippen LogP contribution in [0.25, 0.3) is 11.1 Å². The quantitative estimate of drug-likeness (QED) is 0.326. The highest BCUT2D eigenvalue weighted by atomic mass is 16.3. The predicted molar refractivity (Wildman–Crippen MR) is 163 cm³/mol. The molecule has 1 aromatic heterocycles. The van der Waals surface area contributed by atoms with E-state index in [1.807, 2.05) is 24.1 Å². The van der Waals surface area contributed by atoms with Crippen LogP contribution in [0.1, 0.15) is 54.6 Å².